The first-order chi connectivity index (χ1) is 40.9. The average Bonchev–Trinajstić information content (AvgIpc) is 0.752. The molecule has 12 atom stereocenters. The number of hydrogen-bond acceptors (Lipinski definition) is 13. The van der Waals surface area contributed by atoms with E-state index < -0.39 is 166 Å². The number of likely N-dealkylation sites (N-methyl/N-ethyl adjacent to an activating group) is 7. The van der Waals surface area contributed by atoms with Crippen LogP contribution in [0.5, 0.6) is 0 Å². The second-order valence-electron chi connectivity index (χ2n) is 26.9. The highest BCUT2D eigenvalue weighted by Gasteiger charge is 2.59. The van der Waals surface area contributed by atoms with Crippen molar-refractivity contribution in [1.82, 2.24) is 55.6 Å². The molecule has 0 saturated carbocycles. The van der Waals surface area contributed by atoms with Gasteiger partial charge in [0.05, 0.1) is 12.6 Å². The normalized spacial score (nSPS) is 27.9. The summed E-state index contributed by atoms with van der Waals surface area (Å²) in [5.74, 6) is -13.2. The van der Waals surface area contributed by atoms with Gasteiger partial charge in [0.25, 0.3) is 11.8 Å². The number of rotatable bonds is 16. The number of alkyl halides is 1. The molecule has 1 fully saturated rings. The summed E-state index contributed by atoms with van der Waals surface area (Å²) in [7, 11) is 9.16. The molecule has 0 aliphatic carbocycles. The number of aliphatic hydroxyl groups is 1. The molecule has 24 nitrogen and oxygen atoms in total. The Labute approximate surface area is 536 Å². The second-order valence-corrected chi connectivity index (χ2v) is 27.5. The van der Waals surface area contributed by atoms with Gasteiger partial charge in [-0.25, -0.2) is 0 Å². The van der Waals surface area contributed by atoms with Crippen LogP contribution in [0.15, 0.2) is 12.2 Å². The van der Waals surface area contributed by atoms with Crippen molar-refractivity contribution < 1.29 is 62.6 Å². The first-order valence-electron chi connectivity index (χ1n) is 31.5. The van der Waals surface area contributed by atoms with Crippen LogP contribution in [-0.4, -0.2) is 231 Å². The largest absolute Gasteiger partial charge is 0.390 e. The molecule has 11 amide bonds. The minimum Gasteiger partial charge on any atom is -0.390 e. The molecule has 1 aliphatic heterocycles. The molecule has 1 rings (SSSR count). The minimum atomic E-state index is -2.49. The third kappa shape index (κ3) is 20.2. The highest BCUT2D eigenvalue weighted by atomic mass is 35.5. The van der Waals surface area contributed by atoms with Crippen LogP contribution >= 0.6 is 11.6 Å². The van der Waals surface area contributed by atoms with Crippen molar-refractivity contribution in [2.45, 2.75) is 228 Å². The number of carbonyl (C=O) groups is 12. The molecule has 0 aromatic carbocycles. The molecule has 1 heterocycles. The standard InChI is InChI=1S/C64H112ClN11O13/c1-26-28-29-41(15)52(79)51-56(83)68-45(27-2)58(85)70(19)34-49(78)71(20)46(30-35(3)4)55(82)69-50(39(11)12)60(87)72(21)47(31-36(5)6)54(81)66-42(16)53(80)67-43(17)57(84)73(22)48(32-37(7)8)59(86)75(24)63(65,33-38(9)10)61(88)76(25)64(40(13)14,44(18)77)62(89)74(51)23/h26,28,35-43,45-48,50-52,79H,27,29-34H2,1-25H3,(H,66,81)(H,67,80)(H,68,83)(H,69,82)/b28-26+/t41-,42+,43-,45+,46+,47+,48+,50+,51+,52-,63-,64+/m1/s1. The summed E-state index contributed by atoms with van der Waals surface area (Å²) in [5.41, 5.74) is -2.49. The summed E-state index contributed by atoms with van der Waals surface area (Å²) in [6, 6.07) is -10.7. The zero-order valence-electron chi connectivity index (χ0n) is 58.2. The van der Waals surface area contributed by atoms with E-state index in [0.717, 1.165) is 31.4 Å². The van der Waals surface area contributed by atoms with E-state index in [-0.39, 0.29) is 56.3 Å². The molecule has 89 heavy (non-hydrogen) atoms. The molecule has 5 N–H and O–H groups in total. The molecule has 0 aromatic rings. The molecule has 1 saturated heterocycles. The van der Waals surface area contributed by atoms with Crippen molar-refractivity contribution in [3.05, 3.63) is 12.2 Å². The lowest BCUT2D eigenvalue weighted by atomic mass is 9.78. The van der Waals surface area contributed by atoms with Gasteiger partial charge in [-0.2, -0.15) is 0 Å². The maximum atomic E-state index is 15.7. The number of amides is 11. The zero-order chi connectivity index (χ0) is 69.4. The van der Waals surface area contributed by atoms with Gasteiger partial charge in [0, 0.05) is 49.3 Å². The number of carbonyl (C=O) groups excluding carboxylic acids is 12. The van der Waals surface area contributed by atoms with Crippen LogP contribution < -0.4 is 21.3 Å². The van der Waals surface area contributed by atoms with E-state index in [2.05, 4.69) is 21.3 Å². The van der Waals surface area contributed by atoms with Gasteiger partial charge in [-0.05, 0) is 108 Å². The number of nitrogens with one attached hydrogen (secondary N) is 4. The lowest BCUT2D eigenvalue weighted by molar-refractivity contribution is -0.170. The zero-order valence-corrected chi connectivity index (χ0v) is 59.0. The Kier molecular flexibility index (Phi) is 31.7. The lowest BCUT2D eigenvalue weighted by Gasteiger charge is -2.49. The highest BCUT2D eigenvalue weighted by molar-refractivity contribution is 6.36. The molecule has 0 aromatic heterocycles. The first-order valence-corrected chi connectivity index (χ1v) is 31.8. The monoisotopic (exact) mass is 1280 g/mol. The summed E-state index contributed by atoms with van der Waals surface area (Å²) in [6.45, 7) is 29.2. The van der Waals surface area contributed by atoms with Crippen LogP contribution in [0.3, 0.4) is 0 Å². The SMILES string of the molecule is C/C=C/C[C@@H](C)[C@@H](O)[C@H]1C(=O)N[C@@H](CC)C(=O)N(C)CC(=O)N(C)[C@@H](CC(C)C)C(=O)N[C@@H](C(C)C)C(=O)N(C)[C@@H](CC(C)C)C(=O)N[C@@H](C)C(=O)N[C@H](C)C(=O)N(C)[C@@H](CC(C)C)C(=O)N(C)[C@](Cl)(CC(C)C)C(=O)N(C)[C@](C(C)=O)(C(C)C)C(=O)N1C. The number of Topliss-reactive ketones (excluding diaryl/α,β-unsaturated/α-hetero) is 1. The summed E-state index contributed by atoms with van der Waals surface area (Å²) < 4.78 is 0. The van der Waals surface area contributed by atoms with E-state index in [9.17, 15) is 43.5 Å². The fourth-order valence-corrected chi connectivity index (χ4v) is 12.0. The van der Waals surface area contributed by atoms with Crippen molar-refractivity contribution in [1.29, 1.82) is 0 Å². The smallest absolute Gasteiger partial charge is 0.265 e. The van der Waals surface area contributed by atoms with Crippen molar-refractivity contribution in [3.63, 3.8) is 0 Å². The third-order valence-electron chi connectivity index (χ3n) is 17.0. The van der Waals surface area contributed by atoms with E-state index in [1.165, 1.54) is 86.8 Å². The summed E-state index contributed by atoms with van der Waals surface area (Å²) in [4.78, 5) is 182. The molecular formula is C64H112ClN11O13. The number of aliphatic hydroxyl groups excluding tert-OH is 1. The van der Waals surface area contributed by atoms with Crippen LogP contribution in [0.1, 0.15) is 163 Å². The molecule has 508 valence electrons. The summed E-state index contributed by atoms with van der Waals surface area (Å²) in [6.07, 6.45) is 2.01. The van der Waals surface area contributed by atoms with Gasteiger partial charge in [0.15, 0.2) is 16.3 Å². The number of allylic oxidation sites excluding steroid dienone is 2. The maximum absolute atomic E-state index is 15.7. The Morgan fingerprint density at radius 2 is 1.06 bits per heavy atom. The summed E-state index contributed by atoms with van der Waals surface area (Å²) >= 11 is 7.56. The Hall–Kier alpha value is -6.17. The van der Waals surface area contributed by atoms with Gasteiger partial charge in [0.1, 0.15) is 48.3 Å². The van der Waals surface area contributed by atoms with Crippen molar-refractivity contribution in [2.75, 3.05) is 55.9 Å². The molecule has 0 unspecified atom stereocenters. The Morgan fingerprint density at radius 1 is 0.584 bits per heavy atom. The fourth-order valence-electron chi connectivity index (χ4n) is 11.5. The van der Waals surface area contributed by atoms with Crippen molar-refractivity contribution >= 4 is 82.4 Å². The number of ketones is 1. The number of hydrogen-bond donors (Lipinski definition) is 5. The number of halogens is 1. The van der Waals surface area contributed by atoms with E-state index in [0.29, 0.717) is 0 Å². The molecule has 0 radical (unpaired) electrons. The van der Waals surface area contributed by atoms with E-state index >= 15 is 19.2 Å². The van der Waals surface area contributed by atoms with Gasteiger partial charge >= 0.3 is 0 Å². The predicted molar refractivity (Wildman–Crippen MR) is 343 cm³/mol. The van der Waals surface area contributed by atoms with Gasteiger partial charge < -0.3 is 60.7 Å². The van der Waals surface area contributed by atoms with Crippen LogP contribution in [0.25, 0.3) is 0 Å². The minimum absolute atomic E-state index is 0.0292. The van der Waals surface area contributed by atoms with Crippen LogP contribution in [0.2, 0.25) is 0 Å². The molecule has 0 spiro atoms. The topological polar surface area (TPSA) is 296 Å². The molecule has 1 aliphatic rings. The Balaban J connectivity index is 4.54. The maximum Gasteiger partial charge on any atom is 0.265 e. The van der Waals surface area contributed by atoms with Crippen molar-refractivity contribution in [2.24, 2.45) is 41.4 Å². The van der Waals surface area contributed by atoms with Crippen LogP contribution in [-0.2, 0) is 57.5 Å². The van der Waals surface area contributed by atoms with Crippen LogP contribution in [0, 0.1) is 41.4 Å². The van der Waals surface area contributed by atoms with Crippen molar-refractivity contribution in [3.8, 4) is 0 Å². The second kappa shape index (κ2) is 34.9. The predicted octanol–water partition coefficient (Wildman–Crippen LogP) is 3.79. The quantitative estimate of drug-likeness (QED) is 0.0637. The Bertz CT molecular complexity index is 2540. The van der Waals surface area contributed by atoms with Gasteiger partial charge in [-0.1, -0.05) is 121 Å². The average molecular weight is 1280 g/mol. The van der Waals surface area contributed by atoms with E-state index in [4.69, 9.17) is 11.6 Å². The third-order valence-corrected chi connectivity index (χ3v) is 17.6. The van der Waals surface area contributed by atoms with Crippen LogP contribution in [0.4, 0.5) is 0 Å². The van der Waals surface area contributed by atoms with E-state index in [1.807, 2.05) is 41.5 Å². The number of nitrogens with zero attached hydrogens (tertiary/aromatic N) is 7. The van der Waals surface area contributed by atoms with E-state index in [1.54, 1.807) is 60.6 Å². The van der Waals surface area contributed by atoms with Gasteiger partial charge in [-0.15, -0.1) is 0 Å². The van der Waals surface area contributed by atoms with Gasteiger partial charge in [0.2, 0.25) is 53.2 Å². The summed E-state index contributed by atoms with van der Waals surface area (Å²) in [5, 5.41) is 23.1. The molecule has 0 bridgehead atoms. The fraction of sp³-hybridized carbons (Fsp3) is 0.781. The highest BCUT2D eigenvalue weighted by Crippen LogP contribution is 2.38. The van der Waals surface area contributed by atoms with Gasteiger partial charge in [-0.3, -0.25) is 57.5 Å². The first kappa shape index (κ1) is 80.8. The lowest BCUT2D eigenvalue weighted by Crippen LogP contribution is -2.72. The molecular weight excluding hydrogens is 1170 g/mol. The Morgan fingerprint density at radius 3 is 1.51 bits per heavy atom. The molecule has 25 heteroatoms.